The lowest BCUT2D eigenvalue weighted by atomic mass is 10.1. The summed E-state index contributed by atoms with van der Waals surface area (Å²) in [7, 11) is 3.34. The number of carbonyl (C=O) groups excluding carboxylic acids is 2. The van der Waals surface area contributed by atoms with Crippen molar-refractivity contribution < 1.29 is 23.8 Å². The summed E-state index contributed by atoms with van der Waals surface area (Å²) < 4.78 is 16.3. The van der Waals surface area contributed by atoms with Gasteiger partial charge < -0.3 is 24.0 Å². The minimum Gasteiger partial charge on any atom is -0.493 e. The van der Waals surface area contributed by atoms with Crippen LogP contribution in [0.4, 0.5) is 0 Å². The first kappa shape index (κ1) is 20.0. The number of benzene rings is 1. The Bertz CT molecular complexity index is 607. The van der Waals surface area contributed by atoms with Crippen molar-refractivity contribution in [2.75, 3.05) is 47.1 Å². The molecule has 1 atom stereocenters. The van der Waals surface area contributed by atoms with Gasteiger partial charge in [-0.05, 0) is 18.6 Å². The van der Waals surface area contributed by atoms with Crippen LogP contribution >= 0.6 is 0 Å². The van der Waals surface area contributed by atoms with Gasteiger partial charge in [0.1, 0.15) is 0 Å². The van der Waals surface area contributed by atoms with Crippen molar-refractivity contribution in [3.63, 3.8) is 0 Å². The Morgan fingerprint density at radius 3 is 2.73 bits per heavy atom. The molecule has 144 valence electrons. The van der Waals surface area contributed by atoms with Crippen LogP contribution in [0.25, 0.3) is 0 Å². The number of carbonyl (C=O) groups is 2. The van der Waals surface area contributed by atoms with Crippen LogP contribution in [0.3, 0.4) is 0 Å². The van der Waals surface area contributed by atoms with Crippen LogP contribution in [0.15, 0.2) is 24.3 Å². The van der Waals surface area contributed by atoms with E-state index in [0.29, 0.717) is 37.8 Å². The molecule has 0 saturated carbocycles. The maximum absolute atomic E-state index is 12.6. The summed E-state index contributed by atoms with van der Waals surface area (Å²) in [6, 6.07) is 6.93. The van der Waals surface area contributed by atoms with Crippen LogP contribution in [0.2, 0.25) is 0 Å². The highest BCUT2D eigenvalue weighted by Crippen LogP contribution is 2.25. The van der Waals surface area contributed by atoms with E-state index in [9.17, 15) is 9.59 Å². The normalized spacial score (nSPS) is 16.9. The molecule has 1 aromatic rings. The second kappa shape index (κ2) is 10.0. The summed E-state index contributed by atoms with van der Waals surface area (Å²) in [6.45, 7) is 3.93. The molecule has 7 nitrogen and oxygen atoms in total. The van der Waals surface area contributed by atoms with E-state index < -0.39 is 0 Å². The summed E-state index contributed by atoms with van der Waals surface area (Å²) in [5, 5.41) is 0. The molecule has 0 unspecified atom stereocenters. The summed E-state index contributed by atoms with van der Waals surface area (Å²) >= 11 is 0. The van der Waals surface area contributed by atoms with Crippen molar-refractivity contribution in [1.82, 2.24) is 9.80 Å². The number of hydrogen-bond donors (Lipinski definition) is 0. The fourth-order valence-electron chi connectivity index (χ4n) is 2.93. The number of ether oxygens (including phenoxy) is 3. The Hall–Kier alpha value is -2.28. The highest BCUT2D eigenvalue weighted by atomic mass is 16.5. The number of nitrogens with zero attached hydrogens (tertiary/aromatic N) is 2. The van der Waals surface area contributed by atoms with Crippen molar-refractivity contribution in [2.24, 2.45) is 0 Å². The predicted molar refractivity (Wildman–Crippen MR) is 97.4 cm³/mol. The fourth-order valence-corrected chi connectivity index (χ4v) is 2.93. The lowest BCUT2D eigenvalue weighted by Gasteiger charge is -2.36. The Morgan fingerprint density at radius 2 is 2.04 bits per heavy atom. The Labute approximate surface area is 154 Å². The average molecular weight is 364 g/mol. The smallest absolute Gasteiger partial charge is 0.260 e. The number of para-hydroxylation sites is 2. The second-order valence-electron chi connectivity index (χ2n) is 6.27. The molecule has 1 aromatic carbocycles. The summed E-state index contributed by atoms with van der Waals surface area (Å²) in [5.74, 6) is 0.961. The van der Waals surface area contributed by atoms with Crippen molar-refractivity contribution in [3.05, 3.63) is 24.3 Å². The summed E-state index contributed by atoms with van der Waals surface area (Å²) in [4.78, 5) is 28.3. The molecule has 1 aliphatic rings. The zero-order valence-corrected chi connectivity index (χ0v) is 15.8. The summed E-state index contributed by atoms with van der Waals surface area (Å²) in [5.41, 5.74) is 0. The SMILES string of the molecule is CCCN(C)C(=O)C[C@H]1COCCN1C(=O)COc1ccccc1OC. The molecule has 0 N–H and O–H groups in total. The van der Waals surface area contributed by atoms with E-state index in [1.165, 1.54) is 0 Å². The molecular weight excluding hydrogens is 336 g/mol. The molecule has 0 bridgehead atoms. The molecule has 1 heterocycles. The number of amides is 2. The van der Waals surface area contributed by atoms with Crippen molar-refractivity contribution >= 4 is 11.8 Å². The van der Waals surface area contributed by atoms with Gasteiger partial charge in [0.2, 0.25) is 5.91 Å². The van der Waals surface area contributed by atoms with Crippen LogP contribution in [-0.2, 0) is 14.3 Å². The number of methoxy groups -OCH3 is 1. The van der Waals surface area contributed by atoms with Crippen LogP contribution in [0.5, 0.6) is 11.5 Å². The van der Waals surface area contributed by atoms with Gasteiger partial charge in [-0.25, -0.2) is 0 Å². The average Bonchev–Trinajstić information content (AvgIpc) is 2.66. The van der Waals surface area contributed by atoms with Gasteiger partial charge >= 0.3 is 0 Å². The zero-order valence-electron chi connectivity index (χ0n) is 15.8. The van der Waals surface area contributed by atoms with E-state index in [-0.39, 0.29) is 30.9 Å². The van der Waals surface area contributed by atoms with Crippen LogP contribution in [-0.4, -0.2) is 74.7 Å². The van der Waals surface area contributed by atoms with E-state index in [4.69, 9.17) is 14.2 Å². The molecule has 0 spiro atoms. The van der Waals surface area contributed by atoms with Crippen LogP contribution in [0, 0.1) is 0 Å². The molecule has 7 heteroatoms. The van der Waals surface area contributed by atoms with Crippen LogP contribution in [0.1, 0.15) is 19.8 Å². The molecule has 0 aliphatic carbocycles. The third-order valence-corrected chi connectivity index (χ3v) is 4.36. The van der Waals surface area contributed by atoms with Gasteiger partial charge in [0, 0.05) is 26.6 Å². The zero-order chi connectivity index (χ0) is 18.9. The van der Waals surface area contributed by atoms with E-state index in [1.807, 2.05) is 19.1 Å². The van der Waals surface area contributed by atoms with Crippen molar-refractivity contribution in [3.8, 4) is 11.5 Å². The molecule has 1 aliphatic heterocycles. The maximum atomic E-state index is 12.6. The lowest BCUT2D eigenvalue weighted by molar-refractivity contribution is -0.145. The quantitative estimate of drug-likeness (QED) is 0.700. The molecule has 2 rings (SSSR count). The van der Waals surface area contributed by atoms with Gasteiger partial charge in [0.05, 0.1) is 26.4 Å². The Kier molecular flexibility index (Phi) is 7.72. The summed E-state index contributed by atoms with van der Waals surface area (Å²) in [6.07, 6.45) is 1.16. The predicted octanol–water partition coefficient (Wildman–Crippen LogP) is 1.56. The lowest BCUT2D eigenvalue weighted by Crippen LogP contribution is -2.52. The maximum Gasteiger partial charge on any atom is 0.260 e. The third kappa shape index (κ3) is 5.36. The number of hydrogen-bond acceptors (Lipinski definition) is 5. The molecule has 1 fully saturated rings. The van der Waals surface area contributed by atoms with Gasteiger partial charge in [-0.15, -0.1) is 0 Å². The van der Waals surface area contributed by atoms with Gasteiger partial charge in [-0.1, -0.05) is 19.1 Å². The van der Waals surface area contributed by atoms with Gasteiger partial charge in [-0.2, -0.15) is 0 Å². The van der Waals surface area contributed by atoms with E-state index in [1.54, 1.807) is 36.1 Å². The first-order valence-electron chi connectivity index (χ1n) is 8.93. The molecule has 2 amide bonds. The highest BCUT2D eigenvalue weighted by Gasteiger charge is 2.30. The second-order valence-corrected chi connectivity index (χ2v) is 6.27. The first-order chi connectivity index (χ1) is 12.6. The highest BCUT2D eigenvalue weighted by molar-refractivity contribution is 5.81. The van der Waals surface area contributed by atoms with Crippen LogP contribution < -0.4 is 9.47 Å². The minimum atomic E-state index is -0.260. The molecular formula is C19H28N2O5. The number of rotatable bonds is 8. The molecule has 1 saturated heterocycles. The van der Waals surface area contributed by atoms with Gasteiger partial charge in [0.25, 0.3) is 5.91 Å². The minimum absolute atomic E-state index is 0.0193. The monoisotopic (exact) mass is 364 g/mol. The Balaban J connectivity index is 1.95. The third-order valence-electron chi connectivity index (χ3n) is 4.36. The fraction of sp³-hybridized carbons (Fsp3) is 0.579. The molecule has 26 heavy (non-hydrogen) atoms. The van der Waals surface area contributed by atoms with Crippen molar-refractivity contribution in [1.29, 1.82) is 0 Å². The van der Waals surface area contributed by atoms with E-state index >= 15 is 0 Å². The standard InChI is InChI=1S/C19H28N2O5/c1-4-9-20(2)18(22)12-15-13-25-11-10-21(15)19(23)14-26-17-8-6-5-7-16(17)24-3/h5-8,15H,4,9-14H2,1-3H3/t15-/m0/s1. The largest absolute Gasteiger partial charge is 0.493 e. The first-order valence-corrected chi connectivity index (χ1v) is 8.93. The Morgan fingerprint density at radius 1 is 1.31 bits per heavy atom. The van der Waals surface area contributed by atoms with Crippen molar-refractivity contribution in [2.45, 2.75) is 25.8 Å². The van der Waals surface area contributed by atoms with E-state index in [0.717, 1.165) is 6.42 Å². The number of morpholine rings is 1. The van der Waals surface area contributed by atoms with Gasteiger partial charge in [0.15, 0.2) is 18.1 Å². The van der Waals surface area contributed by atoms with E-state index in [2.05, 4.69) is 0 Å². The molecule has 0 radical (unpaired) electrons. The molecule has 0 aromatic heterocycles. The topological polar surface area (TPSA) is 68.3 Å². The van der Waals surface area contributed by atoms with Gasteiger partial charge in [-0.3, -0.25) is 9.59 Å².